The Kier molecular flexibility index (Phi) is 2.18. The van der Waals surface area contributed by atoms with Crippen molar-refractivity contribution in [1.29, 1.82) is 0 Å². The second kappa shape index (κ2) is 3.48. The number of hydrogen-bond acceptors (Lipinski definition) is 4. The van der Waals surface area contributed by atoms with Gasteiger partial charge in [0.1, 0.15) is 11.8 Å². The molecule has 0 aromatic carbocycles. The lowest BCUT2D eigenvalue weighted by atomic mass is 10.0. The molecule has 0 bridgehead atoms. The molecule has 1 saturated heterocycles. The van der Waals surface area contributed by atoms with Gasteiger partial charge in [-0.2, -0.15) is 0 Å². The largest absolute Gasteiger partial charge is 0.467 e. The van der Waals surface area contributed by atoms with Crippen LogP contribution in [-0.4, -0.2) is 36.2 Å². The van der Waals surface area contributed by atoms with E-state index in [4.69, 9.17) is 9.47 Å². The summed E-state index contributed by atoms with van der Waals surface area (Å²) >= 11 is 0. The predicted molar refractivity (Wildman–Crippen MR) is 58.0 cm³/mol. The number of carbonyl (C=O) groups is 2. The molecule has 3 aliphatic rings. The molecule has 3 rings (SSSR count). The molecule has 1 saturated carbocycles. The average molecular weight is 237 g/mol. The Labute approximate surface area is 99.4 Å². The molecule has 2 fully saturated rings. The second-order valence-corrected chi connectivity index (χ2v) is 4.87. The van der Waals surface area contributed by atoms with Crippen LogP contribution in [0.1, 0.15) is 26.2 Å². The highest BCUT2D eigenvalue weighted by Crippen LogP contribution is 2.48. The van der Waals surface area contributed by atoms with Gasteiger partial charge < -0.3 is 9.47 Å². The molecule has 1 amide bonds. The van der Waals surface area contributed by atoms with Crippen LogP contribution in [0, 0.1) is 5.92 Å². The van der Waals surface area contributed by atoms with Crippen LogP contribution in [0.15, 0.2) is 11.3 Å². The number of esters is 1. The van der Waals surface area contributed by atoms with Crippen LogP contribution in [0.5, 0.6) is 0 Å². The van der Waals surface area contributed by atoms with Gasteiger partial charge in [0.2, 0.25) is 0 Å². The number of carbonyl (C=O) groups excluding carboxylic acids is 2. The van der Waals surface area contributed by atoms with E-state index in [2.05, 4.69) is 0 Å². The van der Waals surface area contributed by atoms with E-state index in [1.165, 1.54) is 12.7 Å². The van der Waals surface area contributed by atoms with Crippen molar-refractivity contribution in [3.63, 3.8) is 0 Å². The number of cyclic esters (lactones) is 1. The molecule has 0 unspecified atom stereocenters. The zero-order chi connectivity index (χ0) is 12.2. The Morgan fingerprint density at radius 3 is 3.00 bits per heavy atom. The summed E-state index contributed by atoms with van der Waals surface area (Å²) in [4.78, 5) is 25.2. The zero-order valence-electron chi connectivity index (χ0n) is 9.93. The lowest BCUT2D eigenvalue weighted by molar-refractivity contribution is -0.145. The summed E-state index contributed by atoms with van der Waals surface area (Å²) in [5.41, 5.74) is 1.18. The standard InChI is InChI=1S/C12H15NO4/c1-6-8-4-3-7-5-9(11(14)16-2)13(10(7)8)12(15)17-6/h7,9-10H,3-5H2,1-2H3/t7-,9-,10+/m0/s1. The SMILES string of the molecule is COC(=O)[C@@H]1C[C@@H]2CCC3=C(C)OC(=O)N1[C@@H]32. The Morgan fingerprint density at radius 2 is 2.29 bits per heavy atom. The summed E-state index contributed by atoms with van der Waals surface area (Å²) < 4.78 is 9.98. The Hall–Kier alpha value is -1.52. The molecule has 1 aliphatic carbocycles. The maximum absolute atomic E-state index is 11.9. The van der Waals surface area contributed by atoms with Gasteiger partial charge in [-0.15, -0.1) is 0 Å². The summed E-state index contributed by atoms with van der Waals surface area (Å²) in [5, 5.41) is 0. The van der Waals surface area contributed by atoms with Crippen molar-refractivity contribution in [2.24, 2.45) is 5.92 Å². The van der Waals surface area contributed by atoms with Gasteiger partial charge in [0.25, 0.3) is 0 Å². The van der Waals surface area contributed by atoms with Crippen LogP contribution in [0.4, 0.5) is 4.79 Å². The van der Waals surface area contributed by atoms with Crippen LogP contribution >= 0.6 is 0 Å². The molecule has 5 heteroatoms. The van der Waals surface area contributed by atoms with E-state index in [1.807, 2.05) is 6.92 Å². The minimum atomic E-state index is -0.467. The van der Waals surface area contributed by atoms with Crippen molar-refractivity contribution >= 4 is 12.1 Å². The molecule has 3 atom stereocenters. The molecule has 0 N–H and O–H groups in total. The van der Waals surface area contributed by atoms with Crippen molar-refractivity contribution < 1.29 is 19.1 Å². The highest BCUT2D eigenvalue weighted by molar-refractivity contribution is 5.84. The van der Waals surface area contributed by atoms with Crippen molar-refractivity contribution in [1.82, 2.24) is 4.90 Å². The molecular weight excluding hydrogens is 222 g/mol. The Morgan fingerprint density at radius 1 is 1.53 bits per heavy atom. The van der Waals surface area contributed by atoms with E-state index in [1.54, 1.807) is 4.90 Å². The molecule has 2 heterocycles. The van der Waals surface area contributed by atoms with Crippen molar-refractivity contribution in [3.8, 4) is 0 Å². The molecular formula is C12H15NO4. The van der Waals surface area contributed by atoms with Gasteiger partial charge in [0, 0.05) is 0 Å². The number of amides is 1. The molecule has 5 nitrogen and oxygen atoms in total. The number of methoxy groups -OCH3 is 1. The number of rotatable bonds is 1. The summed E-state index contributed by atoms with van der Waals surface area (Å²) in [5.74, 6) is 0.774. The molecule has 0 spiro atoms. The molecule has 2 aliphatic heterocycles. The van der Waals surface area contributed by atoms with Gasteiger partial charge in [0.15, 0.2) is 0 Å². The molecule has 0 aromatic rings. The van der Waals surface area contributed by atoms with Gasteiger partial charge >= 0.3 is 12.1 Å². The van der Waals surface area contributed by atoms with Crippen molar-refractivity contribution in [3.05, 3.63) is 11.3 Å². The minimum absolute atomic E-state index is 0.0698. The summed E-state index contributed by atoms with van der Waals surface area (Å²) in [6.45, 7) is 1.83. The molecule has 17 heavy (non-hydrogen) atoms. The van der Waals surface area contributed by atoms with Crippen LogP contribution in [0.2, 0.25) is 0 Å². The first-order chi connectivity index (χ1) is 8.13. The molecule has 0 radical (unpaired) electrons. The number of hydrogen-bond donors (Lipinski definition) is 0. The van der Waals surface area contributed by atoms with E-state index in [0.717, 1.165) is 18.6 Å². The van der Waals surface area contributed by atoms with Crippen molar-refractivity contribution in [2.45, 2.75) is 38.3 Å². The third kappa shape index (κ3) is 1.31. The van der Waals surface area contributed by atoms with E-state index < -0.39 is 12.1 Å². The van der Waals surface area contributed by atoms with Gasteiger partial charge in [-0.05, 0) is 37.7 Å². The Bertz CT molecular complexity index is 428. The van der Waals surface area contributed by atoms with E-state index in [-0.39, 0.29) is 12.0 Å². The third-order valence-electron chi connectivity index (χ3n) is 4.13. The van der Waals surface area contributed by atoms with Crippen LogP contribution in [0.3, 0.4) is 0 Å². The van der Waals surface area contributed by atoms with Gasteiger partial charge in [0.05, 0.1) is 13.2 Å². The predicted octanol–water partition coefficient (Wildman–Crippen LogP) is 1.44. The summed E-state index contributed by atoms with van der Waals surface area (Å²) in [6, 6.07) is -0.397. The fourth-order valence-electron chi connectivity index (χ4n) is 3.39. The first-order valence-electron chi connectivity index (χ1n) is 5.91. The van der Waals surface area contributed by atoms with Crippen molar-refractivity contribution in [2.75, 3.05) is 7.11 Å². The first kappa shape index (κ1) is 10.6. The quantitative estimate of drug-likeness (QED) is 0.647. The summed E-state index contributed by atoms with van der Waals surface area (Å²) in [6.07, 6.45) is 2.29. The van der Waals surface area contributed by atoms with E-state index in [0.29, 0.717) is 12.3 Å². The maximum Gasteiger partial charge on any atom is 0.416 e. The average Bonchev–Trinajstić information content (AvgIpc) is 2.85. The fourth-order valence-corrected chi connectivity index (χ4v) is 3.39. The third-order valence-corrected chi connectivity index (χ3v) is 4.13. The fraction of sp³-hybridized carbons (Fsp3) is 0.667. The Balaban J connectivity index is 2.00. The minimum Gasteiger partial charge on any atom is -0.467 e. The van der Waals surface area contributed by atoms with Gasteiger partial charge in [-0.1, -0.05) is 0 Å². The lowest BCUT2D eigenvalue weighted by Gasteiger charge is -2.33. The molecule has 0 aromatic heterocycles. The lowest BCUT2D eigenvalue weighted by Crippen LogP contribution is -2.48. The van der Waals surface area contributed by atoms with Crippen LogP contribution in [-0.2, 0) is 14.3 Å². The smallest absolute Gasteiger partial charge is 0.416 e. The zero-order valence-corrected chi connectivity index (χ0v) is 9.93. The highest BCUT2D eigenvalue weighted by atomic mass is 16.6. The maximum atomic E-state index is 11.9. The van der Waals surface area contributed by atoms with E-state index in [9.17, 15) is 9.59 Å². The molecule has 92 valence electrons. The van der Waals surface area contributed by atoms with Gasteiger partial charge in [-0.25, -0.2) is 9.59 Å². The van der Waals surface area contributed by atoms with Crippen LogP contribution in [0.25, 0.3) is 0 Å². The second-order valence-electron chi connectivity index (χ2n) is 4.87. The number of ether oxygens (including phenoxy) is 2. The topological polar surface area (TPSA) is 55.8 Å². The monoisotopic (exact) mass is 237 g/mol. The first-order valence-corrected chi connectivity index (χ1v) is 5.91. The summed E-state index contributed by atoms with van der Waals surface area (Å²) in [7, 11) is 1.35. The normalized spacial score (nSPS) is 34.8. The number of nitrogens with zero attached hydrogens (tertiary/aromatic N) is 1. The number of allylic oxidation sites excluding steroid dienone is 1. The van der Waals surface area contributed by atoms with E-state index >= 15 is 0 Å². The highest BCUT2D eigenvalue weighted by Gasteiger charge is 2.54. The van der Waals surface area contributed by atoms with Gasteiger partial charge in [-0.3, -0.25) is 4.90 Å². The van der Waals surface area contributed by atoms with Crippen LogP contribution < -0.4 is 0 Å².